The minimum atomic E-state index is -4.38. The van der Waals surface area contributed by atoms with Crippen molar-refractivity contribution in [2.24, 2.45) is 11.7 Å². The van der Waals surface area contributed by atoms with Gasteiger partial charge in [0.1, 0.15) is 11.7 Å². The fourth-order valence-corrected chi connectivity index (χ4v) is 5.29. The second kappa shape index (κ2) is 8.82. The van der Waals surface area contributed by atoms with E-state index in [2.05, 4.69) is 10.5 Å². The van der Waals surface area contributed by atoms with Gasteiger partial charge in [-0.25, -0.2) is 12.7 Å². The summed E-state index contributed by atoms with van der Waals surface area (Å²) in [5.41, 5.74) is 5.28. The van der Waals surface area contributed by atoms with Gasteiger partial charge in [0.15, 0.2) is 16.4 Å². The molecule has 3 N–H and O–H groups in total. The van der Waals surface area contributed by atoms with Crippen LogP contribution in [-0.2, 0) is 24.4 Å². The summed E-state index contributed by atoms with van der Waals surface area (Å²) in [5, 5.41) is 6.58. The van der Waals surface area contributed by atoms with Gasteiger partial charge in [0.05, 0.1) is 6.54 Å². The van der Waals surface area contributed by atoms with E-state index in [1.54, 1.807) is 6.92 Å². The molecule has 1 unspecified atom stereocenters. The number of nitrogens with zero attached hydrogens (tertiary/aromatic N) is 2. The van der Waals surface area contributed by atoms with Crippen molar-refractivity contribution in [3.05, 3.63) is 11.5 Å². The number of amides is 2. The average Bonchev–Trinajstić information content (AvgIpc) is 2.77. The third-order valence-electron chi connectivity index (χ3n) is 4.59. The van der Waals surface area contributed by atoms with Crippen LogP contribution < -0.4 is 11.1 Å². The number of nitrogens with one attached hydrogen (secondary N) is 1. The van der Waals surface area contributed by atoms with E-state index in [0.29, 0.717) is 17.3 Å². The van der Waals surface area contributed by atoms with Crippen LogP contribution in [-0.4, -0.2) is 54.6 Å². The Morgan fingerprint density at radius 3 is 2.61 bits per heavy atom. The smallest absolute Gasteiger partial charge is 0.272 e. The van der Waals surface area contributed by atoms with Crippen LogP contribution in [0, 0.1) is 19.8 Å². The zero-order valence-corrected chi connectivity index (χ0v) is 17.0. The highest BCUT2D eigenvalue weighted by Crippen LogP contribution is 2.28. The molecule has 10 nitrogen and oxygen atoms in total. The lowest BCUT2D eigenvalue weighted by Crippen LogP contribution is -2.50. The number of carbonyl (C=O) groups excluding carboxylic acids is 3. The Labute approximate surface area is 163 Å². The Morgan fingerprint density at radius 1 is 1.36 bits per heavy atom. The molecular formula is C17H26N4O6S. The third kappa shape index (κ3) is 4.76. The molecule has 0 bridgehead atoms. The SMILES string of the molecule is Cc1noc(C)c1S(=O)(=O)N(C(=O)C[C@@H](C)CC(N)=O)C1CCCNCC1=O. The highest BCUT2D eigenvalue weighted by molar-refractivity contribution is 7.89. The molecule has 0 spiro atoms. The molecule has 0 aliphatic carbocycles. The first-order valence-corrected chi connectivity index (χ1v) is 10.5. The lowest BCUT2D eigenvalue weighted by molar-refractivity contribution is -0.134. The maximum atomic E-state index is 13.4. The van der Waals surface area contributed by atoms with E-state index in [4.69, 9.17) is 10.3 Å². The molecule has 0 saturated carbocycles. The van der Waals surface area contributed by atoms with Gasteiger partial charge in [0.2, 0.25) is 11.8 Å². The molecule has 2 heterocycles. The molecule has 28 heavy (non-hydrogen) atoms. The largest absolute Gasteiger partial charge is 0.370 e. The summed E-state index contributed by atoms with van der Waals surface area (Å²) < 4.78 is 32.4. The van der Waals surface area contributed by atoms with Gasteiger partial charge < -0.3 is 15.6 Å². The zero-order chi connectivity index (χ0) is 21.1. The Morgan fingerprint density at radius 2 is 2.04 bits per heavy atom. The van der Waals surface area contributed by atoms with Gasteiger partial charge in [-0.1, -0.05) is 12.1 Å². The van der Waals surface area contributed by atoms with Crippen molar-refractivity contribution in [2.75, 3.05) is 13.1 Å². The summed E-state index contributed by atoms with van der Waals surface area (Å²) in [7, 11) is -4.38. The Bertz CT molecular complexity index is 843. The summed E-state index contributed by atoms with van der Waals surface area (Å²) in [6.45, 7) is 5.04. The number of carbonyl (C=O) groups is 3. The van der Waals surface area contributed by atoms with E-state index in [0.717, 1.165) is 0 Å². The van der Waals surface area contributed by atoms with Crippen molar-refractivity contribution in [2.45, 2.75) is 57.4 Å². The van der Waals surface area contributed by atoms with E-state index >= 15 is 0 Å². The van der Waals surface area contributed by atoms with Gasteiger partial charge >= 0.3 is 0 Å². The summed E-state index contributed by atoms with van der Waals surface area (Å²) in [4.78, 5) is 36.5. The van der Waals surface area contributed by atoms with Crippen LogP contribution in [0.2, 0.25) is 0 Å². The van der Waals surface area contributed by atoms with E-state index in [1.165, 1.54) is 13.8 Å². The summed E-state index contributed by atoms with van der Waals surface area (Å²) in [6, 6.07) is -1.12. The van der Waals surface area contributed by atoms with E-state index in [9.17, 15) is 22.8 Å². The zero-order valence-electron chi connectivity index (χ0n) is 16.2. The van der Waals surface area contributed by atoms with Crippen molar-refractivity contribution < 1.29 is 27.3 Å². The maximum absolute atomic E-state index is 13.4. The molecule has 1 aliphatic heterocycles. The minimum absolute atomic E-state index is 0.0254. The topological polar surface area (TPSA) is 153 Å². The number of rotatable bonds is 7. The minimum Gasteiger partial charge on any atom is -0.370 e. The number of hydrogen-bond donors (Lipinski definition) is 2. The molecule has 0 aromatic carbocycles. The Kier molecular flexibility index (Phi) is 6.94. The summed E-state index contributed by atoms with van der Waals surface area (Å²) >= 11 is 0. The number of ketones is 1. The van der Waals surface area contributed by atoms with Gasteiger partial charge in [-0.15, -0.1) is 0 Å². The number of aryl methyl sites for hydroxylation is 2. The maximum Gasteiger partial charge on any atom is 0.272 e. The fraction of sp³-hybridized carbons (Fsp3) is 0.647. The first kappa shape index (κ1) is 22.0. The predicted molar refractivity (Wildman–Crippen MR) is 98.5 cm³/mol. The van der Waals surface area contributed by atoms with Crippen LogP contribution >= 0.6 is 0 Å². The Balaban J connectivity index is 2.48. The monoisotopic (exact) mass is 414 g/mol. The van der Waals surface area contributed by atoms with Crippen LogP contribution in [0.1, 0.15) is 44.1 Å². The first-order chi connectivity index (χ1) is 13.1. The number of nitrogens with two attached hydrogens (primary N) is 1. The van der Waals surface area contributed by atoms with Crippen molar-refractivity contribution in [1.29, 1.82) is 0 Å². The molecule has 1 fully saturated rings. The normalized spacial score (nSPS) is 19.1. The second-order valence-electron chi connectivity index (χ2n) is 7.13. The van der Waals surface area contributed by atoms with Gasteiger partial charge in [-0.05, 0) is 39.2 Å². The average molecular weight is 414 g/mol. The molecule has 1 aromatic heterocycles. The molecule has 11 heteroatoms. The molecule has 2 amide bonds. The van der Waals surface area contributed by atoms with Crippen molar-refractivity contribution in [3.63, 3.8) is 0 Å². The van der Waals surface area contributed by atoms with Gasteiger partial charge in [-0.2, -0.15) is 0 Å². The van der Waals surface area contributed by atoms with Crippen LogP contribution in [0.3, 0.4) is 0 Å². The van der Waals surface area contributed by atoms with Crippen molar-refractivity contribution in [3.8, 4) is 0 Å². The van der Waals surface area contributed by atoms with Crippen LogP contribution in [0.15, 0.2) is 9.42 Å². The van der Waals surface area contributed by atoms with Crippen molar-refractivity contribution in [1.82, 2.24) is 14.8 Å². The number of Topliss-reactive ketones (excluding diaryl/α,β-unsaturated/α-hetero) is 1. The number of aromatic nitrogens is 1. The highest BCUT2D eigenvalue weighted by atomic mass is 32.2. The van der Waals surface area contributed by atoms with E-state index in [-0.39, 0.29) is 47.9 Å². The highest BCUT2D eigenvalue weighted by Gasteiger charge is 2.42. The molecule has 1 aliphatic rings. The van der Waals surface area contributed by atoms with Crippen molar-refractivity contribution >= 4 is 27.6 Å². The quantitative estimate of drug-likeness (QED) is 0.634. The van der Waals surface area contributed by atoms with Crippen LogP contribution in [0.25, 0.3) is 0 Å². The molecule has 2 atom stereocenters. The lowest BCUT2D eigenvalue weighted by Gasteiger charge is -2.30. The molecule has 1 saturated heterocycles. The first-order valence-electron chi connectivity index (χ1n) is 9.07. The van der Waals surface area contributed by atoms with Crippen LogP contribution in [0.4, 0.5) is 0 Å². The molecule has 2 rings (SSSR count). The summed E-state index contributed by atoms with van der Waals surface area (Å²) in [6.07, 6.45) is 0.451. The summed E-state index contributed by atoms with van der Waals surface area (Å²) in [5.74, 6) is -2.15. The Hall–Kier alpha value is -2.27. The van der Waals surface area contributed by atoms with Gasteiger partial charge in [0, 0.05) is 12.8 Å². The molecule has 0 radical (unpaired) electrons. The molecule has 1 aromatic rings. The molecular weight excluding hydrogens is 388 g/mol. The standard InChI is InChI=1S/C17H26N4O6S/c1-10(7-15(18)23)8-16(24)21(13-5-4-6-19-9-14(13)22)28(25,26)17-11(2)20-27-12(17)3/h10,13,19H,4-9H2,1-3H3,(H2,18,23)/t10-,13?/m0/s1. The van der Waals surface area contributed by atoms with E-state index in [1.807, 2.05) is 0 Å². The lowest BCUT2D eigenvalue weighted by atomic mass is 10.0. The second-order valence-corrected chi connectivity index (χ2v) is 8.88. The van der Waals surface area contributed by atoms with Gasteiger partial charge in [-0.3, -0.25) is 14.4 Å². The predicted octanol–water partition coefficient (Wildman–Crippen LogP) is 0.0314. The van der Waals surface area contributed by atoms with Crippen LogP contribution in [0.5, 0.6) is 0 Å². The fourth-order valence-electron chi connectivity index (χ4n) is 3.38. The van der Waals surface area contributed by atoms with Gasteiger partial charge in [0.25, 0.3) is 10.0 Å². The third-order valence-corrected chi connectivity index (χ3v) is 6.66. The number of sulfonamides is 1. The number of primary amides is 1. The number of hydrogen-bond acceptors (Lipinski definition) is 8. The molecule has 156 valence electrons. The van der Waals surface area contributed by atoms with E-state index < -0.39 is 33.8 Å².